The topological polar surface area (TPSA) is 47.8 Å². The van der Waals surface area contributed by atoms with Gasteiger partial charge < -0.3 is 16.0 Å². The van der Waals surface area contributed by atoms with E-state index in [4.69, 9.17) is 5.73 Å². The molecule has 1 heterocycles. The number of nitrogens with one attached hydrogen (secondary N) is 1. The second kappa shape index (κ2) is 15.2. The van der Waals surface area contributed by atoms with E-state index in [1.165, 1.54) is 61.3 Å². The Hall–Kier alpha value is -0.700. The maximum Gasteiger partial charge on any atom is 0.0516 e. The van der Waals surface area contributed by atoms with Crippen LogP contribution in [0, 0.1) is 11.3 Å². The molecule has 3 N–H and O–H groups in total. The largest absolute Gasteiger partial charge is 0.378 e. The predicted octanol–water partition coefficient (Wildman–Crippen LogP) is 5.88. The second-order valence-electron chi connectivity index (χ2n) is 11.8. The van der Waals surface area contributed by atoms with Crippen LogP contribution in [0.3, 0.4) is 0 Å². The van der Waals surface area contributed by atoms with E-state index in [2.05, 4.69) is 91.1 Å². The molecule has 0 amide bonds. The van der Waals surface area contributed by atoms with Gasteiger partial charge in [-0.1, -0.05) is 44.9 Å². The van der Waals surface area contributed by atoms with Crippen molar-refractivity contribution in [1.29, 1.82) is 0 Å². The van der Waals surface area contributed by atoms with E-state index in [0.29, 0.717) is 29.2 Å². The molecule has 7 heteroatoms. The number of hydrogen-bond donors (Lipinski definition) is 2. The lowest BCUT2D eigenvalue weighted by atomic mass is 9.77. The standard InChI is InChI=1S/C30H53N5S2/c1-7-27(34(6)23-24(2)3)20-29(22-31)37-35-17-14-30(15-18-35)13-11-26(21-30)32-16-12-25-9-8-10-28(19-25)36-33(4)5/h8-10,19-20,24,26,29,32H,7,11-18,21-23,31H2,1-6H3/b27-20+. The van der Waals surface area contributed by atoms with E-state index >= 15 is 0 Å². The summed E-state index contributed by atoms with van der Waals surface area (Å²) in [4.78, 5) is 3.75. The molecular weight excluding hydrogens is 494 g/mol. The highest BCUT2D eigenvalue weighted by molar-refractivity contribution is 7.97. The van der Waals surface area contributed by atoms with Crippen molar-refractivity contribution in [3.63, 3.8) is 0 Å². The number of nitrogens with zero attached hydrogens (tertiary/aromatic N) is 3. The Morgan fingerprint density at radius 2 is 1.97 bits per heavy atom. The highest BCUT2D eigenvalue weighted by Gasteiger charge is 2.41. The summed E-state index contributed by atoms with van der Waals surface area (Å²) in [5.41, 5.74) is 9.64. The Balaban J connectivity index is 1.42. The molecular formula is C30H53N5S2. The molecule has 1 saturated carbocycles. The van der Waals surface area contributed by atoms with Crippen LogP contribution in [-0.4, -0.2) is 78.7 Å². The molecule has 3 rings (SSSR count). The van der Waals surface area contributed by atoms with Crippen LogP contribution in [0.15, 0.2) is 40.9 Å². The molecule has 1 aromatic carbocycles. The molecule has 1 aliphatic carbocycles. The number of allylic oxidation sites excluding steroid dienone is 1. The minimum Gasteiger partial charge on any atom is -0.378 e. The Bertz CT molecular complexity index is 835. The van der Waals surface area contributed by atoms with Crippen LogP contribution in [0.2, 0.25) is 0 Å². The highest BCUT2D eigenvalue weighted by atomic mass is 32.2. The lowest BCUT2D eigenvalue weighted by Gasteiger charge is -2.40. The van der Waals surface area contributed by atoms with Crippen LogP contribution in [0.4, 0.5) is 0 Å². The fourth-order valence-electron chi connectivity index (χ4n) is 6.02. The van der Waals surface area contributed by atoms with Crippen LogP contribution in [0.1, 0.15) is 64.9 Å². The molecule has 1 saturated heterocycles. The molecule has 1 aromatic rings. The summed E-state index contributed by atoms with van der Waals surface area (Å²) in [7, 11) is 6.42. The quantitative estimate of drug-likeness (QED) is 0.282. The Morgan fingerprint density at radius 3 is 2.62 bits per heavy atom. The van der Waals surface area contributed by atoms with Crippen LogP contribution < -0.4 is 11.1 Å². The third kappa shape index (κ3) is 10.1. The van der Waals surface area contributed by atoms with Crippen molar-refractivity contribution in [2.75, 3.05) is 53.9 Å². The first-order valence-corrected chi connectivity index (χ1v) is 16.0. The van der Waals surface area contributed by atoms with Gasteiger partial charge in [-0.05, 0) is 113 Å². The summed E-state index contributed by atoms with van der Waals surface area (Å²) < 4.78 is 4.76. The summed E-state index contributed by atoms with van der Waals surface area (Å²) in [5.74, 6) is 0.672. The maximum atomic E-state index is 6.22. The van der Waals surface area contributed by atoms with Gasteiger partial charge in [-0.25, -0.2) is 0 Å². The van der Waals surface area contributed by atoms with Crippen molar-refractivity contribution >= 4 is 23.9 Å². The van der Waals surface area contributed by atoms with Gasteiger partial charge in [0, 0.05) is 49.9 Å². The van der Waals surface area contributed by atoms with E-state index in [1.807, 2.05) is 11.9 Å². The van der Waals surface area contributed by atoms with E-state index in [9.17, 15) is 0 Å². The summed E-state index contributed by atoms with van der Waals surface area (Å²) in [6, 6.07) is 9.68. The van der Waals surface area contributed by atoms with Crippen molar-refractivity contribution < 1.29 is 0 Å². The number of piperidine rings is 1. The Kier molecular flexibility index (Phi) is 12.7. The van der Waals surface area contributed by atoms with Gasteiger partial charge in [0.1, 0.15) is 0 Å². The van der Waals surface area contributed by atoms with Gasteiger partial charge in [-0.2, -0.15) is 0 Å². The van der Waals surface area contributed by atoms with Crippen molar-refractivity contribution in [3.05, 3.63) is 41.6 Å². The normalized spacial score (nSPS) is 21.3. The SMILES string of the molecule is CC/C(=C\C(CN)SN1CCC2(CCC(NCCc3cccc(SN(C)C)c3)C2)CC1)N(C)CC(C)C. The van der Waals surface area contributed by atoms with E-state index in [-0.39, 0.29) is 0 Å². The molecule has 0 radical (unpaired) electrons. The van der Waals surface area contributed by atoms with Gasteiger partial charge in [0.25, 0.3) is 0 Å². The van der Waals surface area contributed by atoms with E-state index < -0.39 is 0 Å². The fourth-order valence-corrected chi connectivity index (χ4v) is 7.86. The molecule has 2 fully saturated rings. The first kappa shape index (κ1) is 30.8. The number of rotatable bonds is 14. The molecule has 1 aliphatic heterocycles. The average Bonchev–Trinajstić information content (AvgIpc) is 3.24. The minimum atomic E-state index is 0.367. The smallest absolute Gasteiger partial charge is 0.0516 e. The van der Waals surface area contributed by atoms with Crippen LogP contribution in [0.25, 0.3) is 0 Å². The second-order valence-corrected chi connectivity index (χ2v) is 14.5. The Morgan fingerprint density at radius 1 is 1.22 bits per heavy atom. The van der Waals surface area contributed by atoms with Crippen molar-refractivity contribution in [2.24, 2.45) is 17.1 Å². The summed E-state index contributed by atoms with van der Waals surface area (Å²) >= 11 is 3.78. The zero-order chi connectivity index (χ0) is 26.8. The molecule has 0 bridgehead atoms. The number of nitrogens with two attached hydrogens (primary N) is 1. The summed E-state index contributed by atoms with van der Waals surface area (Å²) in [6.45, 7) is 12.1. The molecule has 2 atom stereocenters. The zero-order valence-corrected chi connectivity index (χ0v) is 26.0. The van der Waals surface area contributed by atoms with Gasteiger partial charge in [-0.3, -0.25) is 8.61 Å². The third-order valence-electron chi connectivity index (χ3n) is 7.91. The first-order chi connectivity index (χ1) is 17.7. The average molecular weight is 548 g/mol. The van der Waals surface area contributed by atoms with Crippen molar-refractivity contribution in [2.45, 2.75) is 81.9 Å². The molecule has 5 nitrogen and oxygen atoms in total. The van der Waals surface area contributed by atoms with Gasteiger partial charge in [-0.15, -0.1) is 0 Å². The van der Waals surface area contributed by atoms with Crippen LogP contribution in [-0.2, 0) is 6.42 Å². The van der Waals surface area contributed by atoms with Crippen LogP contribution in [0.5, 0.6) is 0 Å². The monoisotopic (exact) mass is 547 g/mol. The van der Waals surface area contributed by atoms with Gasteiger partial charge in [0.05, 0.1) is 5.25 Å². The van der Waals surface area contributed by atoms with E-state index in [1.54, 1.807) is 11.9 Å². The highest BCUT2D eigenvalue weighted by Crippen LogP contribution is 2.47. The molecule has 37 heavy (non-hydrogen) atoms. The van der Waals surface area contributed by atoms with Crippen molar-refractivity contribution in [3.8, 4) is 0 Å². The molecule has 210 valence electrons. The number of benzene rings is 1. The van der Waals surface area contributed by atoms with Gasteiger partial charge in [0.15, 0.2) is 0 Å². The molecule has 1 spiro atoms. The third-order valence-corrected chi connectivity index (χ3v) is 10.00. The van der Waals surface area contributed by atoms with Crippen LogP contribution >= 0.6 is 23.9 Å². The van der Waals surface area contributed by atoms with Gasteiger partial charge in [0.2, 0.25) is 0 Å². The molecule has 2 unspecified atom stereocenters. The maximum absolute atomic E-state index is 6.22. The minimum absolute atomic E-state index is 0.367. The van der Waals surface area contributed by atoms with Crippen molar-refractivity contribution in [1.82, 2.24) is 18.8 Å². The fraction of sp³-hybridized carbons (Fsp3) is 0.733. The zero-order valence-electron chi connectivity index (χ0n) is 24.3. The molecule has 2 aliphatic rings. The summed E-state index contributed by atoms with van der Waals surface area (Å²) in [5, 5.41) is 4.27. The summed E-state index contributed by atoms with van der Waals surface area (Å²) in [6.07, 6.45) is 11.3. The van der Waals surface area contributed by atoms with E-state index in [0.717, 1.165) is 25.9 Å². The first-order valence-electron chi connectivity index (χ1n) is 14.4. The molecule has 0 aromatic heterocycles. The predicted molar refractivity (Wildman–Crippen MR) is 165 cm³/mol. The number of hydrogen-bond acceptors (Lipinski definition) is 7. The van der Waals surface area contributed by atoms with Gasteiger partial charge >= 0.3 is 0 Å². The lowest BCUT2D eigenvalue weighted by molar-refractivity contribution is 0.163. The lowest BCUT2D eigenvalue weighted by Crippen LogP contribution is -2.38. The Labute approximate surface area is 236 Å².